The zero-order valence-electron chi connectivity index (χ0n) is 15.9. The summed E-state index contributed by atoms with van der Waals surface area (Å²) in [4.78, 5) is 16.6. The summed E-state index contributed by atoms with van der Waals surface area (Å²) in [7, 11) is 1.63. The number of nitrogens with zero attached hydrogens (tertiary/aromatic N) is 1. The number of carbonyl (C=O) groups excluding carboxylic acids is 1. The lowest BCUT2D eigenvalue weighted by atomic mass is 9.94. The monoisotopic (exact) mass is 405 g/mol. The predicted molar refractivity (Wildman–Crippen MR) is 112 cm³/mol. The lowest BCUT2D eigenvalue weighted by Gasteiger charge is -2.27. The van der Waals surface area contributed by atoms with Crippen LogP contribution < -0.4 is 20.1 Å². The van der Waals surface area contributed by atoms with Crippen molar-refractivity contribution in [3.8, 4) is 17.2 Å². The van der Waals surface area contributed by atoms with Crippen molar-refractivity contribution >= 4 is 23.5 Å². The van der Waals surface area contributed by atoms with Gasteiger partial charge in [0.2, 0.25) is 0 Å². The number of pyridine rings is 1. The molecule has 3 aromatic rings. The first-order chi connectivity index (χ1) is 14.1. The number of methoxy groups -OCH3 is 1. The first-order valence-corrected chi connectivity index (χ1v) is 10.2. The number of para-hydroxylation sites is 2. The molecular weight excluding hydrogens is 386 g/mol. The predicted octanol–water partition coefficient (Wildman–Crippen LogP) is 5.21. The second-order valence-electron chi connectivity index (χ2n) is 6.96. The summed E-state index contributed by atoms with van der Waals surface area (Å²) in [5, 5.41) is 6.95. The largest absolute Gasteiger partial charge is 0.493 e. The lowest BCUT2D eigenvalue weighted by molar-refractivity contribution is 0.247. The Hall–Kier alpha value is -3.19. The van der Waals surface area contributed by atoms with Crippen LogP contribution in [-0.4, -0.2) is 18.1 Å². The molecule has 0 saturated carbocycles. The Labute approximate surface area is 172 Å². The minimum atomic E-state index is -0.180. The molecule has 2 aliphatic heterocycles. The molecule has 0 saturated heterocycles. The van der Waals surface area contributed by atoms with Crippen molar-refractivity contribution in [1.82, 2.24) is 10.3 Å². The number of anilines is 1. The van der Waals surface area contributed by atoms with Gasteiger partial charge in [0.1, 0.15) is 10.8 Å². The van der Waals surface area contributed by atoms with E-state index in [0.717, 1.165) is 33.2 Å². The van der Waals surface area contributed by atoms with Crippen molar-refractivity contribution in [2.75, 3.05) is 12.4 Å². The Balaban J connectivity index is 1.46. The highest BCUT2D eigenvalue weighted by molar-refractivity contribution is 7.99. The van der Waals surface area contributed by atoms with Gasteiger partial charge in [0.15, 0.2) is 11.5 Å². The summed E-state index contributed by atoms with van der Waals surface area (Å²) >= 11 is 1.68. The Morgan fingerprint density at radius 1 is 1.10 bits per heavy atom. The quantitative estimate of drug-likeness (QED) is 0.623. The molecule has 7 heteroatoms. The standard InChI is InChI=1S/C22H19N3O3S/c1-12-11-13(28-17-6-4-3-5-16(17)27-2)7-8-14(12)20-19-18-15(24-22(26)25-19)9-10-23-21(18)29-20/h3-11,19-20H,1-2H3,(H2,24,25,26). The fraction of sp³-hybridized carbons (Fsp3) is 0.182. The minimum Gasteiger partial charge on any atom is -0.493 e. The van der Waals surface area contributed by atoms with Crippen molar-refractivity contribution in [2.24, 2.45) is 0 Å². The number of thioether (sulfide) groups is 1. The van der Waals surface area contributed by atoms with Crippen LogP contribution in [0.2, 0.25) is 0 Å². The van der Waals surface area contributed by atoms with Crippen LogP contribution in [0, 0.1) is 6.92 Å². The van der Waals surface area contributed by atoms with E-state index >= 15 is 0 Å². The van der Waals surface area contributed by atoms with E-state index in [-0.39, 0.29) is 17.3 Å². The molecule has 0 fully saturated rings. The molecule has 2 aromatic carbocycles. The van der Waals surface area contributed by atoms with Crippen molar-refractivity contribution in [3.63, 3.8) is 0 Å². The SMILES string of the molecule is COc1ccccc1Oc1ccc(C2Sc3nccc4c3C2NC(=O)N4)c(C)c1. The van der Waals surface area contributed by atoms with Crippen LogP contribution in [-0.2, 0) is 0 Å². The number of hydrogen-bond acceptors (Lipinski definition) is 5. The summed E-state index contributed by atoms with van der Waals surface area (Å²) in [5.41, 5.74) is 4.15. The van der Waals surface area contributed by atoms with E-state index in [1.54, 1.807) is 25.1 Å². The zero-order chi connectivity index (χ0) is 20.0. The number of ether oxygens (including phenoxy) is 2. The molecule has 0 spiro atoms. The highest BCUT2D eigenvalue weighted by Crippen LogP contribution is 2.56. The normalized spacial score (nSPS) is 19.2. The second-order valence-corrected chi connectivity index (χ2v) is 8.09. The maximum Gasteiger partial charge on any atom is 0.319 e. The third-order valence-electron chi connectivity index (χ3n) is 5.19. The van der Waals surface area contributed by atoms with E-state index in [1.807, 2.05) is 42.5 Å². The van der Waals surface area contributed by atoms with Gasteiger partial charge in [-0.25, -0.2) is 9.78 Å². The number of amides is 2. The molecule has 0 aliphatic carbocycles. The highest BCUT2D eigenvalue weighted by atomic mass is 32.2. The van der Waals surface area contributed by atoms with E-state index in [4.69, 9.17) is 9.47 Å². The van der Waals surface area contributed by atoms with Gasteiger partial charge in [-0.2, -0.15) is 0 Å². The molecule has 146 valence electrons. The van der Waals surface area contributed by atoms with Gasteiger partial charge >= 0.3 is 6.03 Å². The second kappa shape index (κ2) is 7.00. The van der Waals surface area contributed by atoms with Gasteiger partial charge in [-0.1, -0.05) is 30.0 Å². The van der Waals surface area contributed by atoms with Crippen LogP contribution in [0.1, 0.15) is 28.0 Å². The molecule has 2 N–H and O–H groups in total. The third-order valence-corrected chi connectivity index (χ3v) is 6.51. The Bertz CT molecular complexity index is 1120. The molecule has 1 aromatic heterocycles. The van der Waals surface area contributed by atoms with Crippen LogP contribution in [0.15, 0.2) is 59.8 Å². The molecule has 5 rings (SSSR count). The van der Waals surface area contributed by atoms with E-state index in [9.17, 15) is 4.79 Å². The average Bonchev–Trinajstić information content (AvgIpc) is 3.08. The summed E-state index contributed by atoms with van der Waals surface area (Å²) in [5.74, 6) is 2.10. The van der Waals surface area contributed by atoms with Crippen LogP contribution >= 0.6 is 11.8 Å². The number of aromatic nitrogens is 1. The van der Waals surface area contributed by atoms with E-state index in [2.05, 4.69) is 28.6 Å². The molecule has 0 bridgehead atoms. The number of carbonyl (C=O) groups is 1. The van der Waals surface area contributed by atoms with E-state index < -0.39 is 0 Å². The number of benzene rings is 2. The zero-order valence-corrected chi connectivity index (χ0v) is 16.7. The van der Waals surface area contributed by atoms with Crippen LogP contribution in [0.4, 0.5) is 10.5 Å². The maximum atomic E-state index is 12.1. The molecular formula is C22H19N3O3S. The van der Waals surface area contributed by atoms with Crippen LogP contribution in [0.3, 0.4) is 0 Å². The number of nitrogens with one attached hydrogen (secondary N) is 2. The fourth-order valence-electron chi connectivity index (χ4n) is 3.85. The first kappa shape index (κ1) is 17.9. The number of rotatable bonds is 4. The van der Waals surface area contributed by atoms with Crippen molar-refractivity contribution in [1.29, 1.82) is 0 Å². The molecule has 2 unspecified atom stereocenters. The molecule has 0 radical (unpaired) electrons. The third kappa shape index (κ3) is 3.07. The number of hydrogen-bond donors (Lipinski definition) is 2. The van der Waals surface area contributed by atoms with Crippen LogP contribution in [0.5, 0.6) is 17.2 Å². The van der Waals surface area contributed by atoms with Crippen molar-refractivity contribution in [3.05, 3.63) is 71.4 Å². The summed E-state index contributed by atoms with van der Waals surface area (Å²) < 4.78 is 11.4. The average molecular weight is 405 g/mol. The lowest BCUT2D eigenvalue weighted by Crippen LogP contribution is -2.38. The van der Waals surface area contributed by atoms with Crippen molar-refractivity contribution < 1.29 is 14.3 Å². The summed E-state index contributed by atoms with van der Waals surface area (Å²) in [6, 6.07) is 15.2. The van der Waals surface area contributed by atoms with Gasteiger partial charge in [-0.15, -0.1) is 0 Å². The van der Waals surface area contributed by atoms with Gasteiger partial charge in [-0.05, 0) is 48.4 Å². The van der Waals surface area contributed by atoms with E-state index in [0.29, 0.717) is 11.5 Å². The van der Waals surface area contributed by atoms with Gasteiger partial charge in [-0.3, -0.25) is 0 Å². The number of aryl methyl sites for hydroxylation is 1. The minimum absolute atomic E-state index is 0.0602. The number of urea groups is 1. The smallest absolute Gasteiger partial charge is 0.319 e. The Morgan fingerprint density at radius 2 is 1.93 bits per heavy atom. The summed E-state index contributed by atoms with van der Waals surface area (Å²) in [6.07, 6.45) is 1.74. The van der Waals surface area contributed by atoms with Gasteiger partial charge < -0.3 is 20.1 Å². The van der Waals surface area contributed by atoms with E-state index in [1.165, 1.54) is 0 Å². The Kier molecular flexibility index (Phi) is 4.32. The summed E-state index contributed by atoms with van der Waals surface area (Å²) in [6.45, 7) is 2.06. The van der Waals surface area contributed by atoms with Crippen LogP contribution in [0.25, 0.3) is 0 Å². The first-order valence-electron chi connectivity index (χ1n) is 9.28. The molecule has 3 heterocycles. The van der Waals surface area contributed by atoms with Crippen molar-refractivity contribution in [2.45, 2.75) is 23.2 Å². The Morgan fingerprint density at radius 3 is 2.72 bits per heavy atom. The highest BCUT2D eigenvalue weighted by Gasteiger charge is 2.41. The van der Waals surface area contributed by atoms with Gasteiger partial charge in [0, 0.05) is 11.8 Å². The fourth-order valence-corrected chi connectivity index (χ4v) is 5.31. The molecule has 29 heavy (non-hydrogen) atoms. The van der Waals surface area contributed by atoms with Gasteiger partial charge in [0.05, 0.1) is 24.1 Å². The molecule has 2 amide bonds. The molecule has 2 atom stereocenters. The van der Waals surface area contributed by atoms with Gasteiger partial charge in [0.25, 0.3) is 0 Å². The molecule has 6 nitrogen and oxygen atoms in total. The maximum absolute atomic E-state index is 12.1. The molecule has 2 aliphatic rings. The topological polar surface area (TPSA) is 72.5 Å².